The SMILES string of the molecule is O=C(O)C1CCCCCN1C(=O)NCc1ccccc1F. The topological polar surface area (TPSA) is 69.6 Å². The Labute approximate surface area is 122 Å². The second kappa shape index (κ2) is 7.06. The van der Waals surface area contributed by atoms with E-state index in [0.29, 0.717) is 18.5 Å². The summed E-state index contributed by atoms with van der Waals surface area (Å²) in [5.74, 6) is -1.37. The molecule has 1 atom stereocenters. The summed E-state index contributed by atoms with van der Waals surface area (Å²) in [7, 11) is 0. The van der Waals surface area contributed by atoms with E-state index >= 15 is 0 Å². The first kappa shape index (κ1) is 15.3. The van der Waals surface area contributed by atoms with E-state index in [1.165, 1.54) is 11.0 Å². The molecule has 2 amide bonds. The molecule has 1 fully saturated rings. The van der Waals surface area contributed by atoms with Crippen LogP contribution >= 0.6 is 0 Å². The molecule has 1 unspecified atom stereocenters. The van der Waals surface area contributed by atoms with Crippen molar-refractivity contribution in [1.29, 1.82) is 0 Å². The molecule has 0 aliphatic carbocycles. The van der Waals surface area contributed by atoms with Crippen molar-refractivity contribution in [3.63, 3.8) is 0 Å². The van der Waals surface area contributed by atoms with Gasteiger partial charge in [-0.25, -0.2) is 14.0 Å². The maximum Gasteiger partial charge on any atom is 0.326 e. The van der Waals surface area contributed by atoms with Crippen LogP contribution in [0.25, 0.3) is 0 Å². The van der Waals surface area contributed by atoms with E-state index < -0.39 is 18.0 Å². The van der Waals surface area contributed by atoms with Crippen molar-refractivity contribution in [1.82, 2.24) is 10.2 Å². The van der Waals surface area contributed by atoms with Crippen molar-refractivity contribution in [2.45, 2.75) is 38.3 Å². The predicted molar refractivity (Wildman–Crippen MR) is 75.2 cm³/mol. The fraction of sp³-hybridized carbons (Fsp3) is 0.467. The van der Waals surface area contributed by atoms with Crippen molar-refractivity contribution >= 4 is 12.0 Å². The number of nitrogens with one attached hydrogen (secondary N) is 1. The molecule has 0 saturated carbocycles. The van der Waals surface area contributed by atoms with Crippen LogP contribution in [0.1, 0.15) is 31.2 Å². The molecule has 1 saturated heterocycles. The largest absolute Gasteiger partial charge is 0.480 e. The number of likely N-dealkylation sites (tertiary alicyclic amines) is 1. The Balaban J connectivity index is 2.00. The number of nitrogens with zero attached hydrogens (tertiary/aromatic N) is 1. The van der Waals surface area contributed by atoms with Gasteiger partial charge in [0.15, 0.2) is 0 Å². The van der Waals surface area contributed by atoms with Gasteiger partial charge in [0.25, 0.3) is 0 Å². The van der Waals surface area contributed by atoms with Crippen LogP contribution in [-0.2, 0) is 11.3 Å². The molecular formula is C15H19FN2O3. The molecule has 1 aromatic rings. The van der Waals surface area contributed by atoms with Crippen molar-refractivity contribution in [3.8, 4) is 0 Å². The minimum atomic E-state index is -0.988. The third-order valence-corrected chi connectivity index (χ3v) is 3.69. The molecule has 0 radical (unpaired) electrons. The molecule has 114 valence electrons. The lowest BCUT2D eigenvalue weighted by Crippen LogP contribution is -2.49. The monoisotopic (exact) mass is 294 g/mol. The second-order valence-electron chi connectivity index (χ2n) is 5.15. The van der Waals surface area contributed by atoms with E-state index in [4.69, 9.17) is 0 Å². The molecule has 2 N–H and O–H groups in total. The van der Waals surface area contributed by atoms with Crippen LogP contribution in [0.3, 0.4) is 0 Å². The lowest BCUT2D eigenvalue weighted by atomic mass is 10.1. The third kappa shape index (κ3) is 3.93. The summed E-state index contributed by atoms with van der Waals surface area (Å²) in [6, 6.07) is 4.94. The van der Waals surface area contributed by atoms with Crippen molar-refractivity contribution < 1.29 is 19.1 Å². The normalized spacial score (nSPS) is 18.9. The van der Waals surface area contributed by atoms with Gasteiger partial charge in [-0.15, -0.1) is 0 Å². The summed E-state index contributed by atoms with van der Waals surface area (Å²) in [6.07, 6.45) is 2.97. The summed E-state index contributed by atoms with van der Waals surface area (Å²) in [4.78, 5) is 24.8. The molecule has 0 spiro atoms. The number of carbonyl (C=O) groups is 2. The molecule has 1 aliphatic heterocycles. The van der Waals surface area contributed by atoms with Crippen molar-refractivity contribution in [3.05, 3.63) is 35.6 Å². The van der Waals surface area contributed by atoms with Gasteiger partial charge in [-0.05, 0) is 18.9 Å². The first-order chi connectivity index (χ1) is 10.1. The van der Waals surface area contributed by atoms with Gasteiger partial charge >= 0.3 is 12.0 Å². The molecule has 21 heavy (non-hydrogen) atoms. The smallest absolute Gasteiger partial charge is 0.326 e. The number of benzene rings is 1. The van der Waals surface area contributed by atoms with Gasteiger partial charge in [-0.3, -0.25) is 0 Å². The lowest BCUT2D eigenvalue weighted by molar-refractivity contribution is -0.142. The highest BCUT2D eigenvalue weighted by Gasteiger charge is 2.30. The Hall–Kier alpha value is -2.11. The number of aliphatic carboxylic acids is 1. The van der Waals surface area contributed by atoms with Crippen LogP contribution in [0, 0.1) is 5.82 Å². The number of carbonyl (C=O) groups excluding carboxylic acids is 1. The quantitative estimate of drug-likeness (QED) is 0.899. The number of carboxylic acids is 1. The molecule has 0 aromatic heterocycles. The molecule has 1 heterocycles. The highest BCUT2D eigenvalue weighted by atomic mass is 19.1. The lowest BCUT2D eigenvalue weighted by Gasteiger charge is -2.27. The maximum absolute atomic E-state index is 13.5. The van der Waals surface area contributed by atoms with Gasteiger partial charge in [0.05, 0.1) is 0 Å². The average Bonchev–Trinajstić information content (AvgIpc) is 2.72. The third-order valence-electron chi connectivity index (χ3n) is 3.69. The highest BCUT2D eigenvalue weighted by Crippen LogP contribution is 2.17. The summed E-state index contributed by atoms with van der Waals surface area (Å²) < 4.78 is 13.5. The summed E-state index contributed by atoms with van der Waals surface area (Å²) in [5.41, 5.74) is 0.382. The Morgan fingerprint density at radius 2 is 2.05 bits per heavy atom. The minimum absolute atomic E-state index is 0.0499. The molecular weight excluding hydrogens is 275 g/mol. The molecule has 1 aromatic carbocycles. The molecule has 6 heteroatoms. The van der Waals surface area contributed by atoms with E-state index in [-0.39, 0.29) is 12.4 Å². The van der Waals surface area contributed by atoms with Crippen LogP contribution in [-0.4, -0.2) is 34.6 Å². The van der Waals surface area contributed by atoms with E-state index in [1.807, 2.05) is 0 Å². The van der Waals surface area contributed by atoms with Gasteiger partial charge < -0.3 is 15.3 Å². The number of carboxylic acid groups (broad SMARTS) is 1. The Morgan fingerprint density at radius 1 is 1.29 bits per heavy atom. The zero-order chi connectivity index (χ0) is 15.2. The van der Waals surface area contributed by atoms with Gasteiger partial charge in [0, 0.05) is 18.7 Å². The average molecular weight is 294 g/mol. The fourth-order valence-corrected chi connectivity index (χ4v) is 2.52. The molecule has 1 aliphatic rings. The van der Waals surface area contributed by atoms with Gasteiger partial charge in [0.2, 0.25) is 0 Å². The summed E-state index contributed by atoms with van der Waals surface area (Å²) >= 11 is 0. The number of hydrogen-bond acceptors (Lipinski definition) is 2. The Kier molecular flexibility index (Phi) is 5.14. The van der Waals surface area contributed by atoms with Gasteiger partial charge in [-0.2, -0.15) is 0 Å². The van der Waals surface area contributed by atoms with Crippen molar-refractivity contribution in [2.24, 2.45) is 0 Å². The van der Waals surface area contributed by atoms with Crippen LogP contribution in [0.5, 0.6) is 0 Å². The molecule has 5 nitrogen and oxygen atoms in total. The Bertz CT molecular complexity index is 521. The zero-order valence-corrected chi connectivity index (χ0v) is 11.7. The van der Waals surface area contributed by atoms with Crippen LogP contribution in [0.4, 0.5) is 9.18 Å². The highest BCUT2D eigenvalue weighted by molar-refractivity contribution is 5.82. The van der Waals surface area contributed by atoms with Gasteiger partial charge in [0.1, 0.15) is 11.9 Å². The number of urea groups is 1. The van der Waals surface area contributed by atoms with Crippen LogP contribution in [0.2, 0.25) is 0 Å². The van der Waals surface area contributed by atoms with Crippen molar-refractivity contribution in [2.75, 3.05) is 6.54 Å². The second-order valence-corrected chi connectivity index (χ2v) is 5.15. The van der Waals surface area contributed by atoms with E-state index in [2.05, 4.69) is 5.32 Å². The van der Waals surface area contributed by atoms with Gasteiger partial charge in [-0.1, -0.05) is 31.0 Å². The van der Waals surface area contributed by atoms with E-state index in [1.54, 1.807) is 18.2 Å². The van der Waals surface area contributed by atoms with Crippen LogP contribution in [0.15, 0.2) is 24.3 Å². The predicted octanol–water partition coefficient (Wildman–Crippen LogP) is 2.36. The standard InChI is InChI=1S/C15H19FN2O3/c16-12-7-4-3-6-11(12)10-17-15(21)18-9-5-1-2-8-13(18)14(19)20/h3-4,6-7,13H,1-2,5,8-10H2,(H,17,21)(H,19,20). The Morgan fingerprint density at radius 3 is 2.76 bits per heavy atom. The summed E-state index contributed by atoms with van der Waals surface area (Å²) in [6.45, 7) is 0.467. The van der Waals surface area contributed by atoms with E-state index in [0.717, 1.165) is 19.3 Å². The summed E-state index contributed by atoms with van der Waals surface area (Å²) in [5, 5.41) is 11.8. The first-order valence-corrected chi connectivity index (χ1v) is 7.10. The number of halogens is 1. The molecule has 0 bridgehead atoms. The number of hydrogen-bond donors (Lipinski definition) is 2. The maximum atomic E-state index is 13.5. The van der Waals surface area contributed by atoms with Crippen LogP contribution < -0.4 is 5.32 Å². The first-order valence-electron chi connectivity index (χ1n) is 7.10. The number of amides is 2. The number of rotatable bonds is 3. The van der Waals surface area contributed by atoms with E-state index in [9.17, 15) is 19.1 Å². The fourth-order valence-electron chi connectivity index (χ4n) is 2.52. The minimum Gasteiger partial charge on any atom is -0.480 e. The molecule has 2 rings (SSSR count). The zero-order valence-electron chi connectivity index (χ0n) is 11.7.